The van der Waals surface area contributed by atoms with Crippen molar-refractivity contribution in [2.75, 3.05) is 29.9 Å². The molecule has 3 aromatic rings. The first-order valence-corrected chi connectivity index (χ1v) is 14.7. The minimum atomic E-state index is 0.201. The van der Waals surface area contributed by atoms with E-state index >= 15 is 0 Å². The molecule has 5 rings (SSSR count). The Balaban J connectivity index is 1.36. The van der Waals surface area contributed by atoms with E-state index in [1.54, 1.807) is 24.6 Å². The van der Waals surface area contributed by atoms with E-state index in [4.69, 9.17) is 14.9 Å². The standard InChI is InChI=1S/C34H38N6O3/c1-4-7-27(41)11-9-24-8-6-15-40-19-25(24)20-42-33-18-30-29(17-31(33)40)34(38-22-37-30)39-26-10-12-32(23(3)16-26)43-28(5-2)13-14-36-21-35/h4-5,7,10,12-14,16-18,21-22,24-25,35H,2,6,8-9,11,15,19-20H2,1,3H3,(H,37,38,39)/b7-4+,28-13+,35-21?,36-14?/t24?,25-/m1/s1. The maximum Gasteiger partial charge on any atom is 0.155 e. The summed E-state index contributed by atoms with van der Waals surface area (Å²) in [6.07, 6.45) is 14.4. The number of fused-ring (bicyclic) bond motifs is 5. The third-order valence-corrected chi connectivity index (χ3v) is 8.01. The smallest absolute Gasteiger partial charge is 0.155 e. The van der Waals surface area contributed by atoms with Gasteiger partial charge in [0.1, 0.15) is 35.7 Å². The summed E-state index contributed by atoms with van der Waals surface area (Å²) < 4.78 is 12.4. The lowest BCUT2D eigenvalue weighted by Gasteiger charge is -2.26. The van der Waals surface area contributed by atoms with Crippen LogP contribution >= 0.6 is 0 Å². The van der Waals surface area contributed by atoms with Gasteiger partial charge in [0.05, 0.1) is 17.8 Å². The SMILES string of the molecule is C=C/C(=C\C=NC=N)Oc1ccc(Nc2ncnc3cc4c(cc23)N2CCCC(CCC(=O)/C=C/C)[C@@H](CO4)C2)cc1C. The number of carbonyl (C=O) groups excluding carboxylic acids is 1. The molecular weight excluding hydrogens is 540 g/mol. The fourth-order valence-corrected chi connectivity index (χ4v) is 5.83. The van der Waals surface area contributed by atoms with Crippen molar-refractivity contribution < 1.29 is 14.3 Å². The molecule has 43 heavy (non-hydrogen) atoms. The summed E-state index contributed by atoms with van der Waals surface area (Å²) in [4.78, 5) is 27.5. The second-order valence-corrected chi connectivity index (χ2v) is 10.9. The zero-order valence-corrected chi connectivity index (χ0v) is 24.8. The number of aryl methyl sites for hydroxylation is 1. The number of aliphatic imine (C=N–C) groups is 1. The van der Waals surface area contributed by atoms with Crippen LogP contribution in [-0.4, -0.2) is 48.0 Å². The van der Waals surface area contributed by atoms with E-state index in [9.17, 15) is 4.79 Å². The van der Waals surface area contributed by atoms with E-state index in [1.165, 1.54) is 6.21 Å². The van der Waals surface area contributed by atoms with Crippen LogP contribution in [0.1, 0.15) is 38.2 Å². The minimum Gasteiger partial charge on any atom is -0.491 e. The molecule has 0 aliphatic carbocycles. The van der Waals surface area contributed by atoms with Crippen LogP contribution in [-0.2, 0) is 4.79 Å². The van der Waals surface area contributed by atoms with Gasteiger partial charge < -0.3 is 19.7 Å². The van der Waals surface area contributed by atoms with Gasteiger partial charge in [-0.3, -0.25) is 10.2 Å². The number of carbonyl (C=O) groups is 1. The van der Waals surface area contributed by atoms with Crippen molar-refractivity contribution in [1.82, 2.24) is 9.97 Å². The predicted molar refractivity (Wildman–Crippen MR) is 173 cm³/mol. The van der Waals surface area contributed by atoms with E-state index in [2.05, 4.69) is 37.8 Å². The highest BCUT2D eigenvalue weighted by atomic mass is 16.5. The average molecular weight is 579 g/mol. The topological polar surface area (TPSA) is 113 Å². The maximum atomic E-state index is 12.2. The molecule has 2 bridgehead atoms. The van der Waals surface area contributed by atoms with Gasteiger partial charge in [-0.1, -0.05) is 12.7 Å². The molecule has 0 spiro atoms. The van der Waals surface area contributed by atoms with Gasteiger partial charge in [-0.2, -0.15) is 0 Å². The van der Waals surface area contributed by atoms with Crippen LogP contribution in [0.25, 0.3) is 10.9 Å². The summed E-state index contributed by atoms with van der Waals surface area (Å²) in [5, 5.41) is 11.4. The van der Waals surface area contributed by atoms with Gasteiger partial charge in [0.15, 0.2) is 5.78 Å². The van der Waals surface area contributed by atoms with Crippen molar-refractivity contribution in [3.8, 4) is 11.5 Å². The van der Waals surface area contributed by atoms with Gasteiger partial charge in [-0.05, 0) is 87.1 Å². The highest BCUT2D eigenvalue weighted by Crippen LogP contribution is 2.41. The number of ketones is 1. The number of nitrogens with one attached hydrogen (secondary N) is 2. The largest absolute Gasteiger partial charge is 0.491 e. The third-order valence-electron chi connectivity index (χ3n) is 8.01. The lowest BCUT2D eigenvalue weighted by Crippen LogP contribution is -2.31. The number of aromatic nitrogens is 2. The van der Waals surface area contributed by atoms with Crippen LogP contribution in [0.3, 0.4) is 0 Å². The van der Waals surface area contributed by atoms with Crippen LogP contribution in [0.2, 0.25) is 0 Å². The number of benzene rings is 2. The summed E-state index contributed by atoms with van der Waals surface area (Å²) in [6.45, 7) is 10.1. The van der Waals surface area contributed by atoms with E-state index < -0.39 is 0 Å². The van der Waals surface area contributed by atoms with E-state index in [-0.39, 0.29) is 5.78 Å². The molecule has 2 atom stereocenters. The number of nitrogens with zero attached hydrogens (tertiary/aromatic N) is 4. The Morgan fingerprint density at radius 3 is 2.98 bits per heavy atom. The van der Waals surface area contributed by atoms with Gasteiger partial charge in [0.25, 0.3) is 0 Å². The van der Waals surface area contributed by atoms with E-state index in [0.29, 0.717) is 42.2 Å². The summed E-state index contributed by atoms with van der Waals surface area (Å²) in [5.74, 6) is 3.81. The number of allylic oxidation sites excluding steroid dienone is 4. The van der Waals surface area contributed by atoms with E-state index in [1.807, 2.05) is 44.2 Å². The van der Waals surface area contributed by atoms with Crippen LogP contribution in [0, 0.1) is 24.2 Å². The van der Waals surface area contributed by atoms with Crippen LogP contribution < -0.4 is 19.7 Å². The molecule has 1 aromatic heterocycles. The zero-order valence-electron chi connectivity index (χ0n) is 24.8. The molecule has 0 radical (unpaired) electrons. The van der Waals surface area contributed by atoms with Gasteiger partial charge >= 0.3 is 0 Å². The monoisotopic (exact) mass is 578 g/mol. The third kappa shape index (κ3) is 7.17. The van der Waals surface area contributed by atoms with Gasteiger partial charge in [-0.25, -0.2) is 15.0 Å². The highest BCUT2D eigenvalue weighted by molar-refractivity contribution is 5.95. The summed E-state index contributed by atoms with van der Waals surface area (Å²) in [7, 11) is 0. The molecule has 9 nitrogen and oxygen atoms in total. The number of hydrogen-bond acceptors (Lipinski definition) is 8. The van der Waals surface area contributed by atoms with Crippen LogP contribution in [0.15, 0.2) is 78.3 Å². The first-order chi connectivity index (χ1) is 21.0. The first-order valence-electron chi connectivity index (χ1n) is 14.7. The Bertz CT molecular complexity index is 1590. The molecule has 9 heteroatoms. The molecule has 1 fully saturated rings. The normalized spacial score (nSPS) is 18.6. The molecule has 0 saturated carbocycles. The summed E-state index contributed by atoms with van der Waals surface area (Å²) in [6, 6.07) is 10.0. The fraction of sp³-hybridized carbons (Fsp3) is 0.324. The van der Waals surface area contributed by atoms with E-state index in [0.717, 1.165) is 72.3 Å². The van der Waals surface area contributed by atoms with Crippen molar-refractivity contribution >= 4 is 46.4 Å². The quantitative estimate of drug-likeness (QED) is 0.0831. The number of rotatable bonds is 11. The Labute approximate surface area is 252 Å². The fourth-order valence-electron chi connectivity index (χ4n) is 5.83. The maximum absolute atomic E-state index is 12.2. The van der Waals surface area contributed by atoms with Crippen molar-refractivity contribution in [2.45, 2.75) is 39.5 Å². The Morgan fingerprint density at radius 1 is 1.30 bits per heavy atom. The van der Waals surface area contributed by atoms with Gasteiger partial charge in [0, 0.05) is 48.8 Å². The highest BCUT2D eigenvalue weighted by Gasteiger charge is 2.32. The molecule has 222 valence electrons. The summed E-state index contributed by atoms with van der Waals surface area (Å²) >= 11 is 0. The Kier molecular flexibility index (Phi) is 9.61. The van der Waals surface area contributed by atoms with Crippen LogP contribution in [0.5, 0.6) is 11.5 Å². The molecule has 1 saturated heterocycles. The van der Waals surface area contributed by atoms with Crippen molar-refractivity contribution in [3.63, 3.8) is 0 Å². The van der Waals surface area contributed by atoms with Crippen molar-refractivity contribution in [2.24, 2.45) is 16.8 Å². The molecule has 2 aromatic carbocycles. The number of hydrogen-bond donors (Lipinski definition) is 2. The first kappa shape index (κ1) is 29.7. The van der Waals surface area contributed by atoms with Crippen molar-refractivity contribution in [3.05, 3.63) is 78.9 Å². The number of ether oxygens (including phenoxy) is 2. The molecular formula is C34H38N6O3. The average Bonchev–Trinajstić information content (AvgIpc) is 3.32. The number of anilines is 3. The lowest BCUT2D eigenvalue weighted by atomic mass is 9.85. The van der Waals surface area contributed by atoms with Crippen molar-refractivity contribution in [1.29, 1.82) is 5.41 Å². The van der Waals surface area contributed by atoms with Gasteiger partial charge in [-0.15, -0.1) is 0 Å². The molecule has 0 amide bonds. The molecule has 2 aliphatic rings. The second-order valence-electron chi connectivity index (χ2n) is 10.9. The predicted octanol–water partition coefficient (Wildman–Crippen LogP) is 6.96. The molecule has 2 N–H and O–H groups in total. The Morgan fingerprint density at radius 2 is 2.19 bits per heavy atom. The van der Waals surface area contributed by atoms with Gasteiger partial charge in [0.2, 0.25) is 0 Å². The zero-order chi connectivity index (χ0) is 30.2. The lowest BCUT2D eigenvalue weighted by molar-refractivity contribution is -0.115. The molecule has 3 heterocycles. The minimum absolute atomic E-state index is 0.201. The second kappa shape index (κ2) is 13.9. The molecule has 1 unspecified atom stereocenters. The summed E-state index contributed by atoms with van der Waals surface area (Å²) in [5.41, 5.74) is 3.67. The molecule has 2 aliphatic heterocycles. The van der Waals surface area contributed by atoms with Crippen LogP contribution in [0.4, 0.5) is 17.2 Å². The Hall–Kier alpha value is -4.79.